The molecule has 2 saturated heterocycles. The van der Waals surface area contributed by atoms with Gasteiger partial charge in [-0.1, -0.05) is 0 Å². The molecule has 0 aliphatic carbocycles. The summed E-state index contributed by atoms with van der Waals surface area (Å²) in [6.45, 7) is 4.23. The predicted octanol–water partition coefficient (Wildman–Crippen LogP) is 1.00. The van der Waals surface area contributed by atoms with Crippen molar-refractivity contribution in [3.8, 4) is 0 Å². The maximum absolute atomic E-state index is 10.8. The SMILES string of the molecule is C[C@]12CO[C@](C)(C[C@@H](C(=O)O)C1)O2. The monoisotopic (exact) mass is 186 g/mol. The zero-order valence-electron chi connectivity index (χ0n) is 7.87. The van der Waals surface area contributed by atoms with Crippen molar-refractivity contribution in [3.05, 3.63) is 0 Å². The summed E-state index contributed by atoms with van der Waals surface area (Å²) in [7, 11) is 0. The number of fused-ring (bicyclic) bond motifs is 2. The summed E-state index contributed by atoms with van der Waals surface area (Å²) in [6, 6.07) is 0. The highest BCUT2D eigenvalue weighted by Gasteiger charge is 2.53. The fourth-order valence-electron chi connectivity index (χ4n) is 2.30. The molecule has 0 aromatic rings. The molecule has 0 spiro atoms. The molecule has 1 N–H and O–H groups in total. The van der Waals surface area contributed by atoms with Crippen LogP contribution in [0.2, 0.25) is 0 Å². The van der Waals surface area contributed by atoms with Crippen LogP contribution in [0.15, 0.2) is 0 Å². The zero-order valence-corrected chi connectivity index (χ0v) is 7.87. The standard InChI is InChI=1S/C9H14O4/c1-8-3-6(7(10)11)4-9(2,13-8)12-5-8/h6H,3-5H2,1-2H3,(H,10,11)/t6-,8+,9-/m0/s1. The van der Waals surface area contributed by atoms with Gasteiger partial charge in [0.15, 0.2) is 5.79 Å². The van der Waals surface area contributed by atoms with Crippen LogP contribution in [0.25, 0.3) is 0 Å². The topological polar surface area (TPSA) is 55.8 Å². The lowest BCUT2D eigenvalue weighted by molar-refractivity contribution is -0.213. The normalized spacial score (nSPS) is 49.2. The molecule has 2 rings (SSSR count). The molecular weight excluding hydrogens is 172 g/mol. The van der Waals surface area contributed by atoms with E-state index in [9.17, 15) is 4.79 Å². The van der Waals surface area contributed by atoms with E-state index in [1.54, 1.807) is 0 Å². The highest BCUT2D eigenvalue weighted by atomic mass is 16.8. The Morgan fingerprint density at radius 3 is 2.69 bits per heavy atom. The molecule has 2 heterocycles. The van der Waals surface area contributed by atoms with Gasteiger partial charge >= 0.3 is 5.97 Å². The van der Waals surface area contributed by atoms with Crippen LogP contribution in [0, 0.1) is 5.92 Å². The number of carbonyl (C=O) groups is 1. The summed E-state index contributed by atoms with van der Waals surface area (Å²) in [5.41, 5.74) is -0.393. The Kier molecular flexibility index (Phi) is 1.69. The minimum Gasteiger partial charge on any atom is -0.481 e. The van der Waals surface area contributed by atoms with Crippen LogP contribution in [-0.2, 0) is 14.3 Å². The first-order valence-electron chi connectivity index (χ1n) is 4.49. The van der Waals surface area contributed by atoms with E-state index in [2.05, 4.69) is 0 Å². The van der Waals surface area contributed by atoms with Gasteiger partial charge in [0, 0.05) is 6.42 Å². The van der Waals surface area contributed by atoms with E-state index in [0.29, 0.717) is 19.4 Å². The van der Waals surface area contributed by atoms with Crippen molar-refractivity contribution in [1.82, 2.24) is 0 Å². The maximum atomic E-state index is 10.8. The van der Waals surface area contributed by atoms with Crippen LogP contribution in [0.1, 0.15) is 26.7 Å². The molecule has 0 amide bonds. The summed E-state index contributed by atoms with van der Waals surface area (Å²) < 4.78 is 11.1. The second-order valence-corrected chi connectivity index (χ2v) is 4.42. The smallest absolute Gasteiger partial charge is 0.306 e. The Morgan fingerprint density at radius 2 is 2.15 bits per heavy atom. The van der Waals surface area contributed by atoms with E-state index >= 15 is 0 Å². The molecule has 3 atom stereocenters. The Bertz CT molecular complexity index is 234. The van der Waals surface area contributed by atoms with Crippen molar-refractivity contribution in [2.45, 2.75) is 38.1 Å². The van der Waals surface area contributed by atoms with Gasteiger partial charge in [-0.2, -0.15) is 0 Å². The highest BCUT2D eigenvalue weighted by Crippen LogP contribution is 2.45. The Balaban J connectivity index is 2.20. The summed E-state index contributed by atoms with van der Waals surface area (Å²) in [5, 5.41) is 8.92. The molecule has 0 aromatic heterocycles. The van der Waals surface area contributed by atoms with Gasteiger partial charge in [-0.3, -0.25) is 4.79 Å². The van der Waals surface area contributed by atoms with Crippen molar-refractivity contribution >= 4 is 5.97 Å². The fraction of sp³-hybridized carbons (Fsp3) is 0.889. The van der Waals surface area contributed by atoms with Gasteiger partial charge in [-0.25, -0.2) is 0 Å². The quantitative estimate of drug-likeness (QED) is 0.663. The minimum atomic E-state index is -0.744. The van der Waals surface area contributed by atoms with Crippen molar-refractivity contribution in [2.24, 2.45) is 5.92 Å². The van der Waals surface area contributed by atoms with E-state index < -0.39 is 17.4 Å². The lowest BCUT2D eigenvalue weighted by Gasteiger charge is -2.36. The zero-order chi connectivity index (χ0) is 9.69. The number of aliphatic carboxylic acids is 1. The van der Waals surface area contributed by atoms with E-state index in [4.69, 9.17) is 14.6 Å². The Hall–Kier alpha value is -0.610. The lowest BCUT2D eigenvalue weighted by atomic mass is 9.86. The summed E-state index contributed by atoms with van der Waals surface area (Å²) in [6.07, 6.45) is 1.01. The minimum absolute atomic E-state index is 0.328. The number of rotatable bonds is 1. The molecule has 13 heavy (non-hydrogen) atoms. The largest absolute Gasteiger partial charge is 0.481 e. The Morgan fingerprint density at radius 1 is 1.46 bits per heavy atom. The Labute approximate surface area is 76.8 Å². The summed E-state index contributed by atoms with van der Waals surface area (Å²) >= 11 is 0. The maximum Gasteiger partial charge on any atom is 0.306 e. The van der Waals surface area contributed by atoms with Gasteiger partial charge in [0.1, 0.15) is 0 Å². The van der Waals surface area contributed by atoms with Gasteiger partial charge < -0.3 is 14.6 Å². The van der Waals surface area contributed by atoms with Gasteiger partial charge in [-0.05, 0) is 20.3 Å². The third-order valence-corrected chi connectivity index (χ3v) is 2.79. The van der Waals surface area contributed by atoms with Crippen molar-refractivity contribution in [2.75, 3.05) is 6.61 Å². The molecule has 74 valence electrons. The van der Waals surface area contributed by atoms with Gasteiger partial charge in [-0.15, -0.1) is 0 Å². The average Bonchev–Trinajstić information content (AvgIpc) is 2.20. The number of hydrogen-bond donors (Lipinski definition) is 1. The van der Waals surface area contributed by atoms with Gasteiger partial charge in [0.05, 0.1) is 18.1 Å². The first-order valence-corrected chi connectivity index (χ1v) is 4.49. The third kappa shape index (κ3) is 1.44. The van der Waals surface area contributed by atoms with E-state index in [-0.39, 0.29) is 5.92 Å². The summed E-state index contributed by atoms with van der Waals surface area (Å²) in [4.78, 5) is 10.8. The van der Waals surface area contributed by atoms with Crippen LogP contribution in [0.5, 0.6) is 0 Å². The number of ether oxygens (including phenoxy) is 2. The first kappa shape index (κ1) is 8.97. The lowest BCUT2D eigenvalue weighted by Crippen LogP contribution is -2.43. The van der Waals surface area contributed by atoms with E-state index in [0.717, 1.165) is 0 Å². The molecule has 0 radical (unpaired) electrons. The predicted molar refractivity (Wildman–Crippen MR) is 44.2 cm³/mol. The first-order chi connectivity index (χ1) is 5.93. The second kappa shape index (κ2) is 2.45. The van der Waals surface area contributed by atoms with Crippen LogP contribution in [-0.4, -0.2) is 29.1 Å². The molecular formula is C9H14O4. The number of carboxylic acid groups (broad SMARTS) is 1. The number of hydrogen-bond acceptors (Lipinski definition) is 3. The molecule has 0 saturated carbocycles. The molecule has 4 heteroatoms. The molecule has 2 aliphatic heterocycles. The van der Waals surface area contributed by atoms with E-state index in [1.165, 1.54) is 0 Å². The third-order valence-electron chi connectivity index (χ3n) is 2.79. The van der Waals surface area contributed by atoms with Crippen molar-refractivity contribution in [1.29, 1.82) is 0 Å². The van der Waals surface area contributed by atoms with Crippen LogP contribution >= 0.6 is 0 Å². The van der Waals surface area contributed by atoms with Crippen LogP contribution < -0.4 is 0 Å². The molecule has 0 aromatic carbocycles. The average molecular weight is 186 g/mol. The van der Waals surface area contributed by atoms with Crippen molar-refractivity contribution in [3.63, 3.8) is 0 Å². The van der Waals surface area contributed by atoms with E-state index in [1.807, 2.05) is 13.8 Å². The molecule has 4 nitrogen and oxygen atoms in total. The van der Waals surface area contributed by atoms with Crippen LogP contribution in [0.3, 0.4) is 0 Å². The molecule has 2 aliphatic rings. The highest BCUT2D eigenvalue weighted by molar-refractivity contribution is 5.70. The molecule has 2 bridgehead atoms. The number of carboxylic acids is 1. The molecule has 2 fully saturated rings. The van der Waals surface area contributed by atoms with Crippen LogP contribution in [0.4, 0.5) is 0 Å². The second-order valence-electron chi connectivity index (χ2n) is 4.42. The fourth-order valence-corrected chi connectivity index (χ4v) is 2.30. The van der Waals surface area contributed by atoms with Crippen molar-refractivity contribution < 1.29 is 19.4 Å². The molecule has 0 unspecified atom stereocenters. The van der Waals surface area contributed by atoms with Gasteiger partial charge in [0.25, 0.3) is 0 Å². The van der Waals surface area contributed by atoms with Gasteiger partial charge in [0.2, 0.25) is 0 Å². The summed E-state index contributed by atoms with van der Waals surface area (Å²) in [5.74, 6) is -1.74.